The van der Waals surface area contributed by atoms with Crippen molar-refractivity contribution in [3.05, 3.63) is 82.9 Å². The van der Waals surface area contributed by atoms with Crippen molar-refractivity contribution in [3.63, 3.8) is 0 Å². The minimum absolute atomic E-state index is 0.0134. The molecule has 0 aliphatic rings. The van der Waals surface area contributed by atoms with Crippen LogP contribution in [-0.2, 0) is 4.74 Å². The second-order valence-electron chi connectivity index (χ2n) is 5.93. The predicted molar refractivity (Wildman–Crippen MR) is 98.8 cm³/mol. The van der Waals surface area contributed by atoms with Crippen molar-refractivity contribution in [1.82, 2.24) is 9.78 Å². The number of carbonyl (C=O) groups is 3. The molecule has 0 unspecified atom stereocenters. The Hall–Kier alpha value is -3.81. The normalized spacial score (nSPS) is 10.4. The number of nitrogens with one attached hydrogen (secondary N) is 1. The van der Waals surface area contributed by atoms with Crippen molar-refractivity contribution in [2.45, 2.75) is 6.92 Å². The van der Waals surface area contributed by atoms with Gasteiger partial charge in [0.15, 0.2) is 5.69 Å². The molecule has 0 aliphatic carbocycles. The average Bonchev–Trinajstić information content (AvgIpc) is 3.19. The van der Waals surface area contributed by atoms with Gasteiger partial charge in [-0.2, -0.15) is 5.10 Å². The van der Waals surface area contributed by atoms with Gasteiger partial charge in [0.05, 0.1) is 12.7 Å². The van der Waals surface area contributed by atoms with Crippen LogP contribution in [0.15, 0.2) is 54.7 Å². The molecule has 1 N–H and O–H groups in total. The number of carbonyl (C=O) groups excluding carboxylic acids is 3. The lowest BCUT2D eigenvalue weighted by molar-refractivity contribution is 0.0600. The minimum atomic E-state index is -0.543. The number of methoxy groups -OCH3 is 1. The molecule has 0 saturated heterocycles. The zero-order chi connectivity index (χ0) is 20.3. The van der Waals surface area contributed by atoms with Gasteiger partial charge in [-0.3, -0.25) is 9.59 Å². The van der Waals surface area contributed by atoms with Crippen LogP contribution in [0.3, 0.4) is 0 Å². The summed E-state index contributed by atoms with van der Waals surface area (Å²) in [6, 6.07) is 11.4. The number of esters is 1. The van der Waals surface area contributed by atoms with Crippen molar-refractivity contribution in [2.75, 3.05) is 12.4 Å². The molecule has 142 valence electrons. The van der Waals surface area contributed by atoms with E-state index >= 15 is 0 Å². The third-order valence-corrected chi connectivity index (χ3v) is 4.02. The summed E-state index contributed by atoms with van der Waals surface area (Å²) in [5.41, 5.74) is 1.56. The van der Waals surface area contributed by atoms with Gasteiger partial charge < -0.3 is 10.1 Å². The molecular formula is C20H16FN3O4. The van der Waals surface area contributed by atoms with Gasteiger partial charge in [0.2, 0.25) is 0 Å². The minimum Gasteiger partial charge on any atom is -0.465 e. The molecule has 0 radical (unpaired) electrons. The van der Waals surface area contributed by atoms with Crippen LogP contribution in [0, 0.1) is 12.7 Å². The number of hydrogen-bond acceptors (Lipinski definition) is 5. The summed E-state index contributed by atoms with van der Waals surface area (Å²) >= 11 is 0. The van der Waals surface area contributed by atoms with Crippen molar-refractivity contribution >= 4 is 23.5 Å². The van der Waals surface area contributed by atoms with Crippen LogP contribution in [-0.4, -0.2) is 34.7 Å². The summed E-state index contributed by atoms with van der Waals surface area (Å²) in [4.78, 5) is 36.3. The molecule has 28 heavy (non-hydrogen) atoms. The molecule has 8 heteroatoms. The number of hydrogen-bond donors (Lipinski definition) is 1. The molecule has 0 spiro atoms. The number of ether oxygens (including phenoxy) is 1. The maximum Gasteiger partial charge on any atom is 0.337 e. The second-order valence-corrected chi connectivity index (χ2v) is 5.93. The number of amides is 1. The molecule has 0 bridgehead atoms. The molecule has 1 amide bonds. The molecule has 3 aromatic rings. The predicted octanol–water partition coefficient (Wildman–Crippen LogP) is 3.06. The van der Waals surface area contributed by atoms with Crippen molar-refractivity contribution in [3.8, 4) is 0 Å². The Morgan fingerprint density at radius 1 is 1.07 bits per heavy atom. The molecule has 0 fully saturated rings. The lowest BCUT2D eigenvalue weighted by Gasteiger charge is -2.05. The van der Waals surface area contributed by atoms with Gasteiger partial charge in [-0.15, -0.1) is 0 Å². The summed E-state index contributed by atoms with van der Waals surface area (Å²) in [5, 5.41) is 6.59. The van der Waals surface area contributed by atoms with E-state index in [0.717, 1.165) is 10.7 Å². The van der Waals surface area contributed by atoms with Crippen LogP contribution in [0.4, 0.5) is 10.1 Å². The van der Waals surface area contributed by atoms with Crippen LogP contribution in [0.5, 0.6) is 0 Å². The third-order valence-electron chi connectivity index (χ3n) is 4.02. The van der Waals surface area contributed by atoms with Crippen molar-refractivity contribution < 1.29 is 23.5 Å². The van der Waals surface area contributed by atoms with Gasteiger partial charge in [0.1, 0.15) is 5.82 Å². The summed E-state index contributed by atoms with van der Waals surface area (Å²) in [5.74, 6) is -2.09. The average molecular weight is 381 g/mol. The van der Waals surface area contributed by atoms with E-state index in [9.17, 15) is 18.8 Å². The topological polar surface area (TPSA) is 90.3 Å². The van der Waals surface area contributed by atoms with E-state index in [0.29, 0.717) is 16.8 Å². The van der Waals surface area contributed by atoms with E-state index in [1.807, 2.05) is 0 Å². The summed E-state index contributed by atoms with van der Waals surface area (Å²) in [6.45, 7) is 1.68. The Kier molecular flexibility index (Phi) is 5.30. The van der Waals surface area contributed by atoms with E-state index in [2.05, 4.69) is 15.2 Å². The smallest absolute Gasteiger partial charge is 0.337 e. The highest BCUT2D eigenvalue weighted by Gasteiger charge is 2.17. The molecule has 3 rings (SSSR count). The largest absolute Gasteiger partial charge is 0.465 e. The maximum absolute atomic E-state index is 13.4. The Labute approximate surface area is 159 Å². The number of anilines is 1. The first kappa shape index (κ1) is 19.0. The van der Waals surface area contributed by atoms with Crippen LogP contribution in [0.1, 0.15) is 36.8 Å². The zero-order valence-corrected chi connectivity index (χ0v) is 15.1. The SMILES string of the molecule is COC(=O)c1ccc(NC(=O)c2ccn(C(=O)c3cc(F)ccc3C)n2)cc1. The quantitative estimate of drug-likeness (QED) is 0.702. The molecule has 0 saturated carbocycles. The van der Waals surface area contributed by atoms with E-state index in [-0.39, 0.29) is 11.3 Å². The highest BCUT2D eigenvalue weighted by molar-refractivity contribution is 6.04. The number of halogens is 1. The van der Waals surface area contributed by atoms with Gasteiger partial charge in [-0.05, 0) is 55.0 Å². The van der Waals surface area contributed by atoms with Gasteiger partial charge >= 0.3 is 5.97 Å². The van der Waals surface area contributed by atoms with Gasteiger partial charge in [-0.25, -0.2) is 13.9 Å². The highest BCUT2D eigenvalue weighted by Crippen LogP contribution is 2.14. The van der Waals surface area contributed by atoms with Crippen LogP contribution in [0.25, 0.3) is 0 Å². The fourth-order valence-corrected chi connectivity index (χ4v) is 2.51. The van der Waals surface area contributed by atoms with E-state index in [4.69, 9.17) is 0 Å². The molecule has 1 aromatic heterocycles. The first-order valence-corrected chi connectivity index (χ1v) is 8.25. The van der Waals surface area contributed by atoms with Crippen LogP contribution < -0.4 is 5.32 Å². The Morgan fingerprint density at radius 2 is 1.79 bits per heavy atom. The summed E-state index contributed by atoms with van der Waals surface area (Å²) in [7, 11) is 1.28. The number of aromatic nitrogens is 2. The lowest BCUT2D eigenvalue weighted by atomic mass is 10.1. The maximum atomic E-state index is 13.4. The lowest BCUT2D eigenvalue weighted by Crippen LogP contribution is -2.17. The molecule has 7 nitrogen and oxygen atoms in total. The molecule has 0 aliphatic heterocycles. The molecule has 0 atom stereocenters. The number of nitrogens with zero attached hydrogens (tertiary/aromatic N) is 2. The van der Waals surface area contributed by atoms with E-state index in [1.54, 1.807) is 19.1 Å². The standard InChI is InChI=1S/C20H16FN3O4/c1-12-3-6-14(21)11-16(12)19(26)24-10-9-17(23-24)18(25)22-15-7-4-13(5-8-15)20(27)28-2/h3-11H,1-2H3,(H,22,25). The van der Waals surface area contributed by atoms with Gasteiger partial charge in [0.25, 0.3) is 11.8 Å². The Morgan fingerprint density at radius 3 is 2.46 bits per heavy atom. The number of aryl methyl sites for hydroxylation is 1. The summed E-state index contributed by atoms with van der Waals surface area (Å²) in [6.07, 6.45) is 1.34. The Bertz CT molecular complexity index is 1060. The third kappa shape index (κ3) is 3.96. The summed E-state index contributed by atoms with van der Waals surface area (Å²) < 4.78 is 19.0. The molecular weight excluding hydrogens is 365 g/mol. The first-order chi connectivity index (χ1) is 13.4. The monoisotopic (exact) mass is 381 g/mol. The number of rotatable bonds is 4. The second kappa shape index (κ2) is 7.83. The fourth-order valence-electron chi connectivity index (χ4n) is 2.51. The van der Waals surface area contributed by atoms with E-state index < -0.39 is 23.6 Å². The van der Waals surface area contributed by atoms with Crippen LogP contribution >= 0.6 is 0 Å². The first-order valence-electron chi connectivity index (χ1n) is 8.25. The number of benzene rings is 2. The highest BCUT2D eigenvalue weighted by atomic mass is 19.1. The zero-order valence-electron chi connectivity index (χ0n) is 15.1. The van der Waals surface area contributed by atoms with Gasteiger partial charge in [-0.1, -0.05) is 6.07 Å². The fraction of sp³-hybridized carbons (Fsp3) is 0.100. The van der Waals surface area contributed by atoms with Crippen molar-refractivity contribution in [2.24, 2.45) is 0 Å². The molecule has 1 heterocycles. The van der Waals surface area contributed by atoms with E-state index in [1.165, 1.54) is 43.6 Å². The Balaban J connectivity index is 1.74. The molecule has 2 aromatic carbocycles. The van der Waals surface area contributed by atoms with Crippen LogP contribution in [0.2, 0.25) is 0 Å². The van der Waals surface area contributed by atoms with Gasteiger partial charge in [0, 0.05) is 17.4 Å². The van der Waals surface area contributed by atoms with Crippen molar-refractivity contribution in [1.29, 1.82) is 0 Å².